The van der Waals surface area contributed by atoms with Crippen LogP contribution in [-0.4, -0.2) is 18.1 Å². The Morgan fingerprint density at radius 2 is 1.67 bits per heavy atom. The number of aromatic nitrogens is 1. The molecule has 1 heterocycles. The third-order valence-corrected chi connectivity index (χ3v) is 3.37. The predicted molar refractivity (Wildman–Crippen MR) is 81.3 cm³/mol. The van der Waals surface area contributed by atoms with E-state index in [2.05, 4.69) is 4.98 Å². The lowest BCUT2D eigenvalue weighted by Crippen LogP contribution is -2.16. The molecule has 0 saturated carbocycles. The normalized spacial score (nSPS) is 10.5. The van der Waals surface area contributed by atoms with E-state index in [1.165, 1.54) is 7.11 Å². The Hall–Kier alpha value is -2.88. The molecule has 1 N–H and O–H groups in total. The number of methoxy groups -OCH3 is 1. The first-order chi connectivity index (χ1) is 10.2. The molecular weight excluding hydrogens is 266 g/mol. The summed E-state index contributed by atoms with van der Waals surface area (Å²) in [6, 6.07) is 16.3. The van der Waals surface area contributed by atoms with Crippen LogP contribution < -0.4 is 5.56 Å². The Morgan fingerprint density at radius 3 is 2.38 bits per heavy atom. The largest absolute Gasteiger partial charge is 0.465 e. The number of esters is 1. The predicted octanol–water partition coefficient (Wildman–Crippen LogP) is 2.98. The van der Waals surface area contributed by atoms with Crippen LogP contribution in [0, 0.1) is 0 Å². The van der Waals surface area contributed by atoms with E-state index in [1.807, 2.05) is 30.3 Å². The summed E-state index contributed by atoms with van der Waals surface area (Å²) in [5, 5.41) is 0.669. The Bertz CT molecular complexity index is 866. The summed E-state index contributed by atoms with van der Waals surface area (Å²) in [7, 11) is 1.31. The van der Waals surface area contributed by atoms with E-state index in [4.69, 9.17) is 4.74 Å². The van der Waals surface area contributed by atoms with Gasteiger partial charge in [0.15, 0.2) is 0 Å². The number of nitrogens with one attached hydrogen (secondary N) is 1. The Kier molecular flexibility index (Phi) is 3.28. The summed E-state index contributed by atoms with van der Waals surface area (Å²) in [5.74, 6) is -0.517. The zero-order chi connectivity index (χ0) is 14.8. The highest BCUT2D eigenvalue weighted by Crippen LogP contribution is 2.26. The Morgan fingerprint density at radius 1 is 1.00 bits per heavy atom. The van der Waals surface area contributed by atoms with Crippen LogP contribution in [0.5, 0.6) is 0 Å². The standard InChI is InChI=1S/C17H13NO3/c1-21-17(20)15-12-9-5-6-10-13(12)18-16(19)14(15)11-7-3-2-4-8-11/h2-10H,1H3,(H,18,19). The van der Waals surface area contributed by atoms with Gasteiger partial charge in [-0.25, -0.2) is 4.79 Å². The van der Waals surface area contributed by atoms with Crippen molar-refractivity contribution < 1.29 is 9.53 Å². The van der Waals surface area contributed by atoms with Gasteiger partial charge in [-0.2, -0.15) is 0 Å². The minimum Gasteiger partial charge on any atom is -0.465 e. The number of carbonyl (C=O) groups excluding carboxylic acids is 1. The van der Waals surface area contributed by atoms with Gasteiger partial charge in [-0.3, -0.25) is 4.79 Å². The van der Waals surface area contributed by atoms with Gasteiger partial charge in [0.25, 0.3) is 5.56 Å². The molecule has 0 atom stereocenters. The van der Waals surface area contributed by atoms with E-state index in [9.17, 15) is 9.59 Å². The van der Waals surface area contributed by atoms with Crippen LogP contribution in [-0.2, 0) is 4.74 Å². The first-order valence-electron chi connectivity index (χ1n) is 6.51. The molecule has 2 aromatic carbocycles. The number of fused-ring (bicyclic) bond motifs is 1. The maximum Gasteiger partial charge on any atom is 0.339 e. The molecule has 0 unspecified atom stereocenters. The second-order valence-corrected chi connectivity index (χ2v) is 4.61. The summed E-state index contributed by atoms with van der Waals surface area (Å²) >= 11 is 0. The van der Waals surface area contributed by atoms with Crippen LogP contribution in [0.4, 0.5) is 0 Å². The van der Waals surface area contributed by atoms with Crippen molar-refractivity contribution in [1.82, 2.24) is 4.98 Å². The Labute approximate surface area is 121 Å². The number of H-pyrrole nitrogens is 1. The molecule has 0 radical (unpaired) electrons. The highest BCUT2D eigenvalue weighted by Gasteiger charge is 2.20. The lowest BCUT2D eigenvalue weighted by Gasteiger charge is -2.10. The van der Waals surface area contributed by atoms with Crippen molar-refractivity contribution in [3.63, 3.8) is 0 Å². The molecule has 104 valence electrons. The molecule has 0 aliphatic heterocycles. The average Bonchev–Trinajstić information content (AvgIpc) is 2.53. The summed E-state index contributed by atoms with van der Waals surface area (Å²) in [4.78, 5) is 27.4. The smallest absolute Gasteiger partial charge is 0.339 e. The molecule has 0 spiro atoms. The van der Waals surface area contributed by atoms with Crippen molar-refractivity contribution in [2.75, 3.05) is 7.11 Å². The fraction of sp³-hybridized carbons (Fsp3) is 0.0588. The third-order valence-electron chi connectivity index (χ3n) is 3.37. The van der Waals surface area contributed by atoms with Crippen molar-refractivity contribution in [3.8, 4) is 11.1 Å². The Balaban J connectivity index is 2.46. The van der Waals surface area contributed by atoms with E-state index in [0.29, 0.717) is 27.6 Å². The molecule has 0 bridgehead atoms. The van der Waals surface area contributed by atoms with Crippen LogP contribution in [0.25, 0.3) is 22.0 Å². The van der Waals surface area contributed by atoms with E-state index in [1.54, 1.807) is 24.3 Å². The van der Waals surface area contributed by atoms with E-state index in [0.717, 1.165) is 0 Å². The second-order valence-electron chi connectivity index (χ2n) is 4.61. The molecule has 1 aromatic heterocycles. The molecule has 21 heavy (non-hydrogen) atoms. The van der Waals surface area contributed by atoms with Crippen molar-refractivity contribution in [2.24, 2.45) is 0 Å². The number of benzene rings is 2. The van der Waals surface area contributed by atoms with Crippen molar-refractivity contribution in [2.45, 2.75) is 0 Å². The lowest BCUT2D eigenvalue weighted by atomic mass is 9.97. The van der Waals surface area contributed by atoms with Gasteiger partial charge < -0.3 is 9.72 Å². The fourth-order valence-corrected chi connectivity index (χ4v) is 2.44. The quantitative estimate of drug-likeness (QED) is 0.734. The molecular formula is C17H13NO3. The molecule has 0 amide bonds. The number of para-hydroxylation sites is 1. The van der Waals surface area contributed by atoms with Gasteiger partial charge in [0, 0.05) is 10.9 Å². The highest BCUT2D eigenvalue weighted by atomic mass is 16.5. The summed E-state index contributed by atoms with van der Waals surface area (Å²) in [6.45, 7) is 0. The maximum absolute atomic E-state index is 12.4. The monoisotopic (exact) mass is 279 g/mol. The van der Waals surface area contributed by atoms with E-state index < -0.39 is 5.97 Å². The number of ether oxygens (including phenoxy) is 1. The molecule has 4 heteroatoms. The molecule has 3 aromatic rings. The van der Waals surface area contributed by atoms with Crippen LogP contribution in [0.3, 0.4) is 0 Å². The van der Waals surface area contributed by atoms with Crippen LogP contribution in [0.1, 0.15) is 10.4 Å². The summed E-state index contributed by atoms with van der Waals surface area (Å²) in [6.07, 6.45) is 0. The number of pyridine rings is 1. The number of hydrogen-bond donors (Lipinski definition) is 1. The topological polar surface area (TPSA) is 59.2 Å². The molecule has 3 rings (SSSR count). The van der Waals surface area contributed by atoms with Crippen molar-refractivity contribution >= 4 is 16.9 Å². The average molecular weight is 279 g/mol. The zero-order valence-electron chi connectivity index (χ0n) is 11.4. The molecule has 0 aliphatic rings. The first kappa shape index (κ1) is 13.1. The molecule has 0 fully saturated rings. The molecule has 0 aliphatic carbocycles. The van der Waals surface area contributed by atoms with Crippen LogP contribution >= 0.6 is 0 Å². The minimum atomic E-state index is -0.517. The van der Waals surface area contributed by atoms with Crippen LogP contribution in [0.15, 0.2) is 59.4 Å². The summed E-state index contributed by atoms with van der Waals surface area (Å²) < 4.78 is 4.87. The number of rotatable bonds is 2. The van der Waals surface area contributed by atoms with Gasteiger partial charge in [-0.05, 0) is 11.6 Å². The third kappa shape index (κ3) is 2.21. The van der Waals surface area contributed by atoms with Gasteiger partial charge in [0.05, 0.1) is 18.2 Å². The van der Waals surface area contributed by atoms with Crippen molar-refractivity contribution in [1.29, 1.82) is 0 Å². The number of carbonyl (C=O) groups is 1. The fourth-order valence-electron chi connectivity index (χ4n) is 2.44. The zero-order valence-corrected chi connectivity index (χ0v) is 11.4. The van der Waals surface area contributed by atoms with Gasteiger partial charge in [-0.15, -0.1) is 0 Å². The molecule has 0 saturated heterocycles. The number of aromatic amines is 1. The van der Waals surface area contributed by atoms with E-state index in [-0.39, 0.29) is 5.56 Å². The highest BCUT2D eigenvalue weighted by molar-refractivity contribution is 6.08. The minimum absolute atomic E-state index is 0.294. The SMILES string of the molecule is COC(=O)c1c(-c2ccccc2)c(=O)[nH]c2ccccc12. The van der Waals surface area contributed by atoms with Gasteiger partial charge >= 0.3 is 5.97 Å². The van der Waals surface area contributed by atoms with Crippen LogP contribution in [0.2, 0.25) is 0 Å². The summed E-state index contributed by atoms with van der Waals surface area (Å²) in [5.41, 5.74) is 1.62. The maximum atomic E-state index is 12.4. The van der Waals surface area contributed by atoms with Gasteiger partial charge in [0.2, 0.25) is 0 Å². The molecule has 4 nitrogen and oxygen atoms in total. The van der Waals surface area contributed by atoms with Gasteiger partial charge in [-0.1, -0.05) is 48.5 Å². The van der Waals surface area contributed by atoms with E-state index >= 15 is 0 Å². The van der Waals surface area contributed by atoms with Gasteiger partial charge in [0.1, 0.15) is 0 Å². The lowest BCUT2D eigenvalue weighted by molar-refractivity contribution is 0.0603. The first-order valence-corrected chi connectivity index (χ1v) is 6.51. The second kappa shape index (κ2) is 5.25. The van der Waals surface area contributed by atoms with Crippen molar-refractivity contribution in [3.05, 3.63) is 70.5 Å². The number of hydrogen-bond acceptors (Lipinski definition) is 3.